The van der Waals surface area contributed by atoms with Gasteiger partial charge in [-0.2, -0.15) is 0 Å². The van der Waals surface area contributed by atoms with Gasteiger partial charge in [0, 0.05) is 30.3 Å². The topological polar surface area (TPSA) is 52.5 Å². The van der Waals surface area contributed by atoms with E-state index in [4.69, 9.17) is 5.11 Å². The molecule has 0 atom stereocenters. The Labute approximate surface area is 90.8 Å². The zero-order valence-corrected chi connectivity index (χ0v) is 9.54. The van der Waals surface area contributed by atoms with Gasteiger partial charge in [0.2, 0.25) is 0 Å². The second-order valence-electron chi connectivity index (χ2n) is 4.68. The van der Waals surface area contributed by atoms with Gasteiger partial charge in [-0.3, -0.25) is 0 Å². The number of benzene rings is 1. The van der Waals surface area contributed by atoms with Gasteiger partial charge in [-0.25, -0.2) is 0 Å². The highest BCUT2D eigenvalue weighted by atomic mass is 16.3. The Hall–Kier alpha value is -1.22. The van der Waals surface area contributed by atoms with E-state index in [1.807, 2.05) is 32.9 Å². The zero-order valence-electron chi connectivity index (χ0n) is 9.54. The third-order valence-electron chi connectivity index (χ3n) is 2.41. The molecule has 84 valence electrons. The first-order valence-electron chi connectivity index (χ1n) is 5.09. The van der Waals surface area contributed by atoms with Gasteiger partial charge < -0.3 is 15.5 Å². The summed E-state index contributed by atoms with van der Waals surface area (Å²) in [5, 5.41) is 21.8. The summed E-state index contributed by atoms with van der Waals surface area (Å²) in [7, 11) is 0. The summed E-state index contributed by atoms with van der Waals surface area (Å²) < 4.78 is 0. The van der Waals surface area contributed by atoms with E-state index in [0.717, 1.165) is 11.3 Å². The molecule has 3 nitrogen and oxygen atoms in total. The van der Waals surface area contributed by atoms with Crippen molar-refractivity contribution < 1.29 is 10.2 Å². The molecule has 0 aromatic heterocycles. The van der Waals surface area contributed by atoms with E-state index in [0.29, 0.717) is 12.3 Å². The SMILES string of the molecule is Cc1ccc(NCC(C)(C)CO)cc1O. The minimum absolute atomic E-state index is 0.137. The van der Waals surface area contributed by atoms with E-state index in [-0.39, 0.29) is 12.0 Å². The number of aromatic hydroxyl groups is 1. The molecule has 0 saturated carbocycles. The third-order valence-corrected chi connectivity index (χ3v) is 2.41. The predicted molar refractivity (Wildman–Crippen MR) is 62.2 cm³/mol. The van der Waals surface area contributed by atoms with Crippen LogP contribution in [0.15, 0.2) is 18.2 Å². The van der Waals surface area contributed by atoms with Crippen molar-refractivity contribution in [2.45, 2.75) is 20.8 Å². The highest BCUT2D eigenvalue weighted by Gasteiger charge is 2.15. The number of phenolic OH excluding ortho intramolecular Hbond substituents is 1. The lowest BCUT2D eigenvalue weighted by Crippen LogP contribution is -2.26. The second kappa shape index (κ2) is 4.53. The molecular formula is C12H19NO2. The van der Waals surface area contributed by atoms with Gasteiger partial charge in [0.05, 0.1) is 0 Å². The maximum absolute atomic E-state index is 9.50. The molecule has 0 radical (unpaired) electrons. The van der Waals surface area contributed by atoms with Crippen LogP contribution in [0.1, 0.15) is 19.4 Å². The van der Waals surface area contributed by atoms with Crippen LogP contribution in [0.5, 0.6) is 5.75 Å². The minimum atomic E-state index is -0.152. The monoisotopic (exact) mass is 209 g/mol. The summed E-state index contributed by atoms with van der Waals surface area (Å²) in [6, 6.07) is 5.48. The number of aryl methyl sites for hydroxylation is 1. The van der Waals surface area contributed by atoms with Crippen molar-refractivity contribution in [3.63, 3.8) is 0 Å². The largest absolute Gasteiger partial charge is 0.508 e. The van der Waals surface area contributed by atoms with E-state index in [1.165, 1.54) is 0 Å². The molecule has 0 aliphatic heterocycles. The van der Waals surface area contributed by atoms with Gasteiger partial charge in [-0.1, -0.05) is 19.9 Å². The van der Waals surface area contributed by atoms with Crippen molar-refractivity contribution >= 4 is 5.69 Å². The predicted octanol–water partition coefficient (Wildman–Crippen LogP) is 2.13. The Morgan fingerprint density at radius 2 is 2.00 bits per heavy atom. The average molecular weight is 209 g/mol. The number of aliphatic hydroxyl groups is 1. The fourth-order valence-corrected chi connectivity index (χ4v) is 1.12. The Morgan fingerprint density at radius 3 is 2.53 bits per heavy atom. The van der Waals surface area contributed by atoms with Crippen LogP contribution in [0.25, 0.3) is 0 Å². The molecule has 0 spiro atoms. The van der Waals surface area contributed by atoms with Gasteiger partial charge in [-0.15, -0.1) is 0 Å². The molecule has 1 aromatic rings. The summed E-state index contributed by atoms with van der Waals surface area (Å²) in [6.45, 7) is 6.63. The fourth-order valence-electron chi connectivity index (χ4n) is 1.12. The molecule has 0 fully saturated rings. The van der Waals surface area contributed by atoms with Crippen LogP contribution in [0.2, 0.25) is 0 Å². The van der Waals surface area contributed by atoms with Gasteiger partial charge in [0.1, 0.15) is 5.75 Å². The molecule has 0 saturated heterocycles. The number of nitrogens with one attached hydrogen (secondary N) is 1. The van der Waals surface area contributed by atoms with Gasteiger partial charge in [0.15, 0.2) is 0 Å². The number of hydrogen-bond acceptors (Lipinski definition) is 3. The molecule has 1 rings (SSSR count). The Balaban J connectivity index is 2.62. The lowest BCUT2D eigenvalue weighted by atomic mass is 9.95. The second-order valence-corrected chi connectivity index (χ2v) is 4.68. The Bertz CT molecular complexity index is 334. The van der Waals surface area contributed by atoms with Crippen molar-refractivity contribution in [1.82, 2.24) is 0 Å². The van der Waals surface area contributed by atoms with E-state index in [9.17, 15) is 5.11 Å². The van der Waals surface area contributed by atoms with E-state index in [1.54, 1.807) is 6.07 Å². The van der Waals surface area contributed by atoms with Crippen molar-refractivity contribution in [3.8, 4) is 5.75 Å². The van der Waals surface area contributed by atoms with Crippen LogP contribution >= 0.6 is 0 Å². The molecule has 0 aliphatic carbocycles. The van der Waals surface area contributed by atoms with E-state index >= 15 is 0 Å². The maximum Gasteiger partial charge on any atom is 0.120 e. The first kappa shape index (κ1) is 11.9. The molecule has 0 aliphatic rings. The molecule has 1 aromatic carbocycles. The van der Waals surface area contributed by atoms with Gasteiger partial charge >= 0.3 is 0 Å². The first-order valence-corrected chi connectivity index (χ1v) is 5.09. The summed E-state index contributed by atoms with van der Waals surface area (Å²) in [6.07, 6.45) is 0. The standard InChI is InChI=1S/C12H19NO2/c1-9-4-5-10(6-11(9)15)13-7-12(2,3)8-14/h4-6,13-15H,7-8H2,1-3H3. The number of hydrogen-bond donors (Lipinski definition) is 3. The summed E-state index contributed by atoms with van der Waals surface area (Å²) >= 11 is 0. The van der Waals surface area contributed by atoms with Crippen molar-refractivity contribution in [3.05, 3.63) is 23.8 Å². The number of rotatable bonds is 4. The lowest BCUT2D eigenvalue weighted by Gasteiger charge is -2.22. The fraction of sp³-hybridized carbons (Fsp3) is 0.500. The average Bonchev–Trinajstić information content (AvgIpc) is 2.20. The van der Waals surface area contributed by atoms with E-state index < -0.39 is 0 Å². The molecular weight excluding hydrogens is 190 g/mol. The number of anilines is 1. The number of aliphatic hydroxyl groups excluding tert-OH is 1. The first-order chi connectivity index (χ1) is 6.94. The highest BCUT2D eigenvalue weighted by molar-refractivity contribution is 5.50. The molecule has 0 amide bonds. The maximum atomic E-state index is 9.50. The third kappa shape index (κ3) is 3.44. The summed E-state index contributed by atoms with van der Waals surface area (Å²) in [5.74, 6) is 0.293. The molecule has 15 heavy (non-hydrogen) atoms. The van der Waals surface area contributed by atoms with Crippen LogP contribution in [0.4, 0.5) is 5.69 Å². The number of phenols is 1. The van der Waals surface area contributed by atoms with Crippen LogP contribution in [0.3, 0.4) is 0 Å². The van der Waals surface area contributed by atoms with Crippen LogP contribution in [-0.4, -0.2) is 23.4 Å². The minimum Gasteiger partial charge on any atom is -0.508 e. The Morgan fingerprint density at radius 1 is 1.33 bits per heavy atom. The Kier molecular flexibility index (Phi) is 3.58. The molecule has 0 unspecified atom stereocenters. The lowest BCUT2D eigenvalue weighted by molar-refractivity contribution is 0.171. The van der Waals surface area contributed by atoms with Gasteiger partial charge in [-0.05, 0) is 18.6 Å². The summed E-state index contributed by atoms with van der Waals surface area (Å²) in [4.78, 5) is 0. The molecule has 0 bridgehead atoms. The zero-order chi connectivity index (χ0) is 11.5. The van der Waals surface area contributed by atoms with Crippen LogP contribution < -0.4 is 5.32 Å². The van der Waals surface area contributed by atoms with Crippen LogP contribution in [-0.2, 0) is 0 Å². The highest BCUT2D eigenvalue weighted by Crippen LogP contribution is 2.22. The molecule has 3 heteroatoms. The quantitative estimate of drug-likeness (QED) is 0.712. The molecule has 3 N–H and O–H groups in total. The van der Waals surface area contributed by atoms with Crippen LogP contribution in [0, 0.1) is 12.3 Å². The molecule has 0 heterocycles. The van der Waals surface area contributed by atoms with Crippen molar-refractivity contribution in [2.75, 3.05) is 18.5 Å². The van der Waals surface area contributed by atoms with Crippen molar-refractivity contribution in [1.29, 1.82) is 0 Å². The van der Waals surface area contributed by atoms with Gasteiger partial charge in [0.25, 0.3) is 0 Å². The normalized spacial score (nSPS) is 11.5. The smallest absolute Gasteiger partial charge is 0.120 e. The van der Waals surface area contributed by atoms with Crippen molar-refractivity contribution in [2.24, 2.45) is 5.41 Å². The van der Waals surface area contributed by atoms with E-state index in [2.05, 4.69) is 5.32 Å². The summed E-state index contributed by atoms with van der Waals surface area (Å²) in [5.41, 5.74) is 1.59.